The van der Waals surface area contributed by atoms with Crippen LogP contribution in [0.2, 0.25) is 0 Å². The summed E-state index contributed by atoms with van der Waals surface area (Å²) in [7, 11) is 0. The Morgan fingerprint density at radius 2 is 2.36 bits per heavy atom. The van der Waals surface area contributed by atoms with E-state index < -0.39 is 0 Å². The summed E-state index contributed by atoms with van der Waals surface area (Å²) >= 11 is 3.31. The number of nitrogens with zero attached hydrogens (tertiary/aromatic N) is 2. The van der Waals surface area contributed by atoms with Crippen molar-refractivity contribution in [1.29, 1.82) is 0 Å². The molecule has 11 heavy (non-hydrogen) atoms. The summed E-state index contributed by atoms with van der Waals surface area (Å²) in [6.45, 7) is 0. The first-order valence-electron chi connectivity index (χ1n) is 3.46. The van der Waals surface area contributed by atoms with Gasteiger partial charge in [0.2, 0.25) is 0 Å². The highest BCUT2D eigenvalue weighted by Gasteiger charge is 2.23. The number of halogens is 1. The second-order valence-electron chi connectivity index (χ2n) is 2.58. The van der Waals surface area contributed by atoms with Crippen LogP contribution in [0, 0.1) is 0 Å². The van der Waals surface area contributed by atoms with Crippen LogP contribution in [-0.4, -0.2) is 15.1 Å². The highest BCUT2D eigenvalue weighted by atomic mass is 79.9. The molecule has 0 amide bonds. The van der Waals surface area contributed by atoms with Crippen LogP contribution >= 0.6 is 15.9 Å². The number of rotatable bonds is 0. The van der Waals surface area contributed by atoms with Crippen LogP contribution in [0.5, 0.6) is 0 Å². The molecule has 1 unspecified atom stereocenters. The number of fused-ring (bicyclic) bond motifs is 1. The van der Waals surface area contributed by atoms with Crippen molar-refractivity contribution in [3.05, 3.63) is 22.2 Å². The topological polar surface area (TPSA) is 46.0 Å². The van der Waals surface area contributed by atoms with Gasteiger partial charge in [-0.3, -0.25) is 0 Å². The number of aromatic nitrogens is 2. The minimum absolute atomic E-state index is 0.385. The Kier molecular flexibility index (Phi) is 1.65. The lowest BCUT2D eigenvalue weighted by Crippen LogP contribution is -1.95. The van der Waals surface area contributed by atoms with Crippen LogP contribution in [0.1, 0.15) is 23.8 Å². The predicted octanol–water partition coefficient (Wildman–Crippen LogP) is 1.22. The molecule has 58 valence electrons. The zero-order valence-corrected chi connectivity index (χ0v) is 7.37. The smallest absolute Gasteiger partial charge is 0.117 e. The number of hydrogen-bond acceptors (Lipinski definition) is 3. The molecule has 0 saturated carbocycles. The minimum Gasteiger partial charge on any atom is -0.387 e. The van der Waals surface area contributed by atoms with Crippen molar-refractivity contribution in [3.63, 3.8) is 0 Å². The fourth-order valence-electron chi connectivity index (χ4n) is 1.34. The molecule has 1 aliphatic carbocycles. The van der Waals surface area contributed by atoms with Gasteiger partial charge in [-0.2, -0.15) is 0 Å². The Hall–Kier alpha value is -0.480. The Morgan fingerprint density at radius 3 is 3.09 bits per heavy atom. The van der Waals surface area contributed by atoms with Crippen LogP contribution < -0.4 is 0 Å². The molecule has 0 fully saturated rings. The van der Waals surface area contributed by atoms with Gasteiger partial charge >= 0.3 is 0 Å². The second-order valence-corrected chi connectivity index (χ2v) is 3.33. The minimum atomic E-state index is -0.385. The molecule has 0 spiro atoms. The molecule has 0 aliphatic heterocycles. The number of aliphatic hydroxyl groups excluding tert-OH is 1. The Balaban J connectivity index is 2.57. The van der Waals surface area contributed by atoms with E-state index in [2.05, 4.69) is 25.9 Å². The van der Waals surface area contributed by atoms with Gasteiger partial charge in [0.15, 0.2) is 0 Å². The van der Waals surface area contributed by atoms with E-state index in [1.165, 1.54) is 6.33 Å². The summed E-state index contributed by atoms with van der Waals surface area (Å²) in [5.41, 5.74) is 1.84. The maximum atomic E-state index is 9.39. The highest BCUT2D eigenvalue weighted by Crippen LogP contribution is 2.32. The average molecular weight is 215 g/mol. The van der Waals surface area contributed by atoms with E-state index in [4.69, 9.17) is 0 Å². The summed E-state index contributed by atoms with van der Waals surface area (Å²) in [6.07, 6.45) is 2.73. The lowest BCUT2D eigenvalue weighted by atomic mass is 10.3. The number of aliphatic hydroxyl groups is 1. The maximum absolute atomic E-state index is 9.39. The zero-order chi connectivity index (χ0) is 7.84. The molecule has 0 aromatic carbocycles. The standard InChI is InChI=1S/C7H7BrN2O/c8-7-4-1-2-5(11)6(4)9-3-10-7/h3,5,11H,1-2H2. The monoisotopic (exact) mass is 214 g/mol. The van der Waals surface area contributed by atoms with E-state index in [9.17, 15) is 5.11 Å². The van der Waals surface area contributed by atoms with Gasteiger partial charge in [0, 0.05) is 5.56 Å². The van der Waals surface area contributed by atoms with Crippen molar-refractivity contribution in [2.24, 2.45) is 0 Å². The molecule has 4 heteroatoms. The first-order valence-corrected chi connectivity index (χ1v) is 4.25. The lowest BCUT2D eigenvalue weighted by molar-refractivity contribution is 0.175. The Labute approximate surface area is 72.6 Å². The first-order chi connectivity index (χ1) is 5.29. The number of hydrogen-bond donors (Lipinski definition) is 1. The highest BCUT2D eigenvalue weighted by molar-refractivity contribution is 9.10. The fourth-order valence-corrected chi connectivity index (χ4v) is 1.83. The molecular formula is C7H7BrN2O. The molecule has 1 heterocycles. The normalized spacial score (nSPS) is 21.8. The Bertz CT molecular complexity index is 290. The SMILES string of the molecule is OC1CCc2c(Br)ncnc21. The molecule has 1 N–H and O–H groups in total. The summed E-state index contributed by atoms with van der Waals surface area (Å²) in [4.78, 5) is 7.99. The van der Waals surface area contributed by atoms with Crippen LogP contribution in [0.3, 0.4) is 0 Å². The van der Waals surface area contributed by atoms with Crippen molar-refractivity contribution in [2.45, 2.75) is 18.9 Å². The predicted molar refractivity (Wildman–Crippen MR) is 43.0 cm³/mol. The summed E-state index contributed by atoms with van der Waals surface area (Å²) < 4.78 is 0.819. The van der Waals surface area contributed by atoms with Crippen molar-refractivity contribution in [2.75, 3.05) is 0 Å². The quantitative estimate of drug-likeness (QED) is 0.661. The molecule has 3 nitrogen and oxygen atoms in total. The Morgan fingerprint density at radius 1 is 1.55 bits per heavy atom. The average Bonchev–Trinajstić information content (AvgIpc) is 2.35. The van der Waals surface area contributed by atoms with Crippen LogP contribution in [0.15, 0.2) is 10.9 Å². The van der Waals surface area contributed by atoms with Gasteiger partial charge in [0.25, 0.3) is 0 Å². The second kappa shape index (κ2) is 2.53. The third-order valence-corrected chi connectivity index (χ3v) is 2.59. The van der Waals surface area contributed by atoms with Crippen molar-refractivity contribution in [3.8, 4) is 0 Å². The summed E-state index contributed by atoms with van der Waals surface area (Å²) in [5.74, 6) is 0. The van der Waals surface area contributed by atoms with Crippen LogP contribution in [0.25, 0.3) is 0 Å². The van der Waals surface area contributed by atoms with Gasteiger partial charge in [-0.05, 0) is 28.8 Å². The molecule has 1 aromatic rings. The molecule has 1 aromatic heterocycles. The molecular weight excluding hydrogens is 208 g/mol. The third-order valence-electron chi connectivity index (χ3n) is 1.91. The molecule has 1 aliphatic rings. The van der Waals surface area contributed by atoms with Crippen molar-refractivity contribution < 1.29 is 5.11 Å². The van der Waals surface area contributed by atoms with Gasteiger partial charge in [-0.15, -0.1) is 0 Å². The molecule has 0 bridgehead atoms. The van der Waals surface area contributed by atoms with Gasteiger partial charge in [0.05, 0.1) is 11.8 Å². The van der Waals surface area contributed by atoms with Gasteiger partial charge in [-0.1, -0.05) is 0 Å². The third kappa shape index (κ3) is 1.06. The zero-order valence-electron chi connectivity index (χ0n) is 5.79. The molecule has 1 atom stereocenters. The van der Waals surface area contributed by atoms with E-state index in [0.29, 0.717) is 0 Å². The van der Waals surface area contributed by atoms with Crippen LogP contribution in [0.4, 0.5) is 0 Å². The largest absolute Gasteiger partial charge is 0.387 e. The fraction of sp³-hybridized carbons (Fsp3) is 0.429. The van der Waals surface area contributed by atoms with E-state index >= 15 is 0 Å². The molecule has 0 radical (unpaired) electrons. The van der Waals surface area contributed by atoms with E-state index in [0.717, 1.165) is 28.7 Å². The van der Waals surface area contributed by atoms with Gasteiger partial charge in [-0.25, -0.2) is 9.97 Å². The molecule has 0 saturated heterocycles. The summed E-state index contributed by atoms with van der Waals surface area (Å²) in [6, 6.07) is 0. The summed E-state index contributed by atoms with van der Waals surface area (Å²) in [5, 5.41) is 9.39. The van der Waals surface area contributed by atoms with Crippen molar-refractivity contribution in [1.82, 2.24) is 9.97 Å². The lowest BCUT2D eigenvalue weighted by Gasteiger charge is -2.01. The van der Waals surface area contributed by atoms with Crippen molar-refractivity contribution >= 4 is 15.9 Å². The van der Waals surface area contributed by atoms with E-state index in [1.807, 2.05) is 0 Å². The van der Waals surface area contributed by atoms with Gasteiger partial charge < -0.3 is 5.11 Å². The van der Waals surface area contributed by atoms with E-state index in [-0.39, 0.29) is 6.10 Å². The van der Waals surface area contributed by atoms with E-state index in [1.54, 1.807) is 0 Å². The first kappa shape index (κ1) is 7.18. The maximum Gasteiger partial charge on any atom is 0.117 e. The van der Waals surface area contributed by atoms with Crippen LogP contribution in [-0.2, 0) is 6.42 Å². The molecule has 2 rings (SSSR count). The van der Waals surface area contributed by atoms with Gasteiger partial charge in [0.1, 0.15) is 10.9 Å².